The highest BCUT2D eigenvalue weighted by atomic mass is 16.5. The van der Waals surface area contributed by atoms with Gasteiger partial charge in [0, 0.05) is 24.4 Å². The van der Waals surface area contributed by atoms with E-state index < -0.39 is 11.9 Å². The predicted octanol–water partition coefficient (Wildman–Crippen LogP) is 0.928. The Morgan fingerprint density at radius 1 is 1.14 bits per heavy atom. The molecule has 0 saturated heterocycles. The highest BCUT2D eigenvalue weighted by molar-refractivity contribution is 5.97. The van der Waals surface area contributed by atoms with Crippen LogP contribution >= 0.6 is 0 Å². The smallest absolute Gasteiger partial charge is 0.266 e. The Balaban J connectivity index is 2.10. The van der Waals surface area contributed by atoms with Gasteiger partial charge in [0.2, 0.25) is 0 Å². The Morgan fingerprint density at radius 3 is 2.52 bits per heavy atom. The number of rotatable bonds is 5. The van der Waals surface area contributed by atoms with Crippen LogP contribution in [0.2, 0.25) is 0 Å². The summed E-state index contributed by atoms with van der Waals surface area (Å²) in [4.78, 5) is 27.7. The van der Waals surface area contributed by atoms with Gasteiger partial charge in [-0.2, -0.15) is 0 Å². The Labute approximate surface area is 121 Å². The fraction of sp³-hybridized carbons (Fsp3) is 0.133. The molecule has 21 heavy (non-hydrogen) atoms. The monoisotopic (exact) mass is 285 g/mol. The van der Waals surface area contributed by atoms with Gasteiger partial charge in [0.15, 0.2) is 0 Å². The highest BCUT2D eigenvalue weighted by Gasteiger charge is 2.21. The summed E-state index contributed by atoms with van der Waals surface area (Å²) in [5.41, 5.74) is 2.79. The molecule has 0 saturated carbocycles. The van der Waals surface area contributed by atoms with Crippen LogP contribution in [-0.4, -0.2) is 28.0 Å². The number of pyridine rings is 1. The lowest BCUT2D eigenvalue weighted by molar-refractivity contribution is -0.131. The van der Waals surface area contributed by atoms with Crippen molar-refractivity contribution in [2.45, 2.75) is 12.5 Å². The molecule has 0 bridgehead atoms. The molecule has 1 aromatic carbocycles. The van der Waals surface area contributed by atoms with Gasteiger partial charge in [-0.25, -0.2) is 5.48 Å². The van der Waals surface area contributed by atoms with Gasteiger partial charge in [-0.05, 0) is 23.8 Å². The Morgan fingerprint density at radius 2 is 1.90 bits per heavy atom. The molecule has 0 aliphatic heterocycles. The van der Waals surface area contributed by atoms with Crippen molar-refractivity contribution in [2.24, 2.45) is 0 Å². The van der Waals surface area contributed by atoms with E-state index in [2.05, 4.69) is 10.3 Å². The number of aromatic nitrogens is 1. The van der Waals surface area contributed by atoms with Gasteiger partial charge in [0.1, 0.15) is 6.04 Å². The Kier molecular flexibility index (Phi) is 5.00. The summed E-state index contributed by atoms with van der Waals surface area (Å²) in [6.07, 6.45) is 3.46. The van der Waals surface area contributed by atoms with E-state index in [0.717, 1.165) is 5.56 Å². The number of hydrogen-bond acceptors (Lipinski definition) is 4. The van der Waals surface area contributed by atoms with Gasteiger partial charge < -0.3 is 5.32 Å². The number of carbonyl (C=O) groups excluding carboxylic acids is 2. The summed E-state index contributed by atoms with van der Waals surface area (Å²) in [5, 5.41) is 11.4. The van der Waals surface area contributed by atoms with Crippen molar-refractivity contribution in [3.8, 4) is 0 Å². The molecule has 0 spiro atoms. The third kappa shape index (κ3) is 4.12. The molecule has 1 heterocycles. The van der Waals surface area contributed by atoms with Gasteiger partial charge in [-0.1, -0.05) is 24.3 Å². The first-order valence-corrected chi connectivity index (χ1v) is 6.39. The summed E-state index contributed by atoms with van der Waals surface area (Å²) in [6, 6.07) is 11.2. The van der Waals surface area contributed by atoms with E-state index in [1.807, 2.05) is 0 Å². The molecule has 6 heteroatoms. The summed E-state index contributed by atoms with van der Waals surface area (Å²) in [5.74, 6) is -1.06. The lowest BCUT2D eigenvalue weighted by Gasteiger charge is -2.16. The molecule has 0 radical (unpaired) electrons. The van der Waals surface area contributed by atoms with Crippen LogP contribution in [0.15, 0.2) is 54.9 Å². The van der Waals surface area contributed by atoms with E-state index in [9.17, 15) is 9.59 Å². The first kappa shape index (κ1) is 14.7. The molecule has 1 aromatic heterocycles. The van der Waals surface area contributed by atoms with Crippen molar-refractivity contribution < 1.29 is 14.8 Å². The van der Waals surface area contributed by atoms with Crippen molar-refractivity contribution in [3.05, 3.63) is 66.0 Å². The first-order valence-electron chi connectivity index (χ1n) is 6.39. The molecule has 2 rings (SSSR count). The van der Waals surface area contributed by atoms with Crippen LogP contribution in [-0.2, 0) is 11.2 Å². The van der Waals surface area contributed by atoms with Crippen LogP contribution < -0.4 is 10.8 Å². The number of nitrogens with one attached hydrogen (secondary N) is 2. The SMILES string of the molecule is O=C(N[C@H](Cc1cccnc1)C(=O)NO)c1ccccc1. The maximum absolute atomic E-state index is 12.1. The van der Waals surface area contributed by atoms with Crippen molar-refractivity contribution in [3.63, 3.8) is 0 Å². The zero-order valence-corrected chi connectivity index (χ0v) is 11.2. The maximum Gasteiger partial charge on any atom is 0.266 e. The average Bonchev–Trinajstić information content (AvgIpc) is 2.55. The number of nitrogens with zero attached hydrogens (tertiary/aromatic N) is 1. The maximum atomic E-state index is 12.1. The van der Waals surface area contributed by atoms with E-state index in [1.165, 1.54) is 0 Å². The zero-order chi connectivity index (χ0) is 15.1. The van der Waals surface area contributed by atoms with Crippen molar-refractivity contribution >= 4 is 11.8 Å². The molecule has 6 nitrogen and oxygen atoms in total. The van der Waals surface area contributed by atoms with E-state index in [4.69, 9.17) is 5.21 Å². The highest BCUT2D eigenvalue weighted by Crippen LogP contribution is 2.04. The molecule has 3 N–H and O–H groups in total. The number of hydrogen-bond donors (Lipinski definition) is 3. The van der Waals surface area contributed by atoms with Crippen LogP contribution in [0.1, 0.15) is 15.9 Å². The number of benzene rings is 1. The normalized spacial score (nSPS) is 11.5. The lowest BCUT2D eigenvalue weighted by atomic mass is 10.1. The van der Waals surface area contributed by atoms with Gasteiger partial charge in [0.05, 0.1) is 0 Å². The van der Waals surface area contributed by atoms with Crippen LogP contribution in [0.4, 0.5) is 0 Å². The molecule has 108 valence electrons. The van der Waals surface area contributed by atoms with Gasteiger partial charge in [0.25, 0.3) is 11.8 Å². The topological polar surface area (TPSA) is 91.3 Å². The van der Waals surface area contributed by atoms with E-state index in [0.29, 0.717) is 5.56 Å². The Hall–Kier alpha value is -2.73. The van der Waals surface area contributed by atoms with Gasteiger partial charge in [-0.3, -0.25) is 19.8 Å². The average molecular weight is 285 g/mol. The second-order valence-corrected chi connectivity index (χ2v) is 4.43. The molecule has 2 aromatic rings. The number of amides is 2. The quantitative estimate of drug-likeness (QED) is 0.563. The predicted molar refractivity (Wildman–Crippen MR) is 75.6 cm³/mol. The fourth-order valence-corrected chi connectivity index (χ4v) is 1.87. The van der Waals surface area contributed by atoms with Gasteiger partial charge >= 0.3 is 0 Å². The van der Waals surface area contributed by atoms with Crippen LogP contribution in [0, 0.1) is 0 Å². The lowest BCUT2D eigenvalue weighted by Crippen LogP contribution is -2.47. The first-order chi connectivity index (χ1) is 10.2. The second-order valence-electron chi connectivity index (χ2n) is 4.43. The molecule has 0 fully saturated rings. The number of carbonyl (C=O) groups is 2. The standard InChI is InChI=1S/C15H15N3O3/c19-14(12-6-2-1-3-7-12)17-13(15(20)18-21)9-11-5-4-8-16-10-11/h1-8,10,13,21H,9H2,(H,17,19)(H,18,20)/t13-/m1/s1. The van der Waals surface area contributed by atoms with Gasteiger partial charge in [-0.15, -0.1) is 0 Å². The summed E-state index contributed by atoms with van der Waals surface area (Å²) in [7, 11) is 0. The minimum absolute atomic E-state index is 0.235. The summed E-state index contributed by atoms with van der Waals surface area (Å²) < 4.78 is 0. The largest absolute Gasteiger partial charge is 0.340 e. The van der Waals surface area contributed by atoms with Crippen LogP contribution in [0.25, 0.3) is 0 Å². The van der Waals surface area contributed by atoms with Crippen molar-refractivity contribution in [1.82, 2.24) is 15.8 Å². The molecule has 0 unspecified atom stereocenters. The molecule has 2 amide bonds. The van der Waals surface area contributed by atoms with Crippen molar-refractivity contribution in [1.29, 1.82) is 0 Å². The van der Waals surface area contributed by atoms with Crippen LogP contribution in [0.5, 0.6) is 0 Å². The summed E-state index contributed by atoms with van der Waals surface area (Å²) >= 11 is 0. The zero-order valence-electron chi connectivity index (χ0n) is 11.2. The number of hydroxylamine groups is 1. The third-order valence-corrected chi connectivity index (χ3v) is 2.93. The second kappa shape index (κ2) is 7.16. The van der Waals surface area contributed by atoms with Crippen molar-refractivity contribution in [2.75, 3.05) is 0 Å². The molecular formula is C15H15N3O3. The molecule has 0 aliphatic carbocycles. The molecule has 0 aliphatic rings. The molecular weight excluding hydrogens is 270 g/mol. The molecule has 1 atom stereocenters. The van der Waals surface area contributed by atoms with Crippen LogP contribution in [0.3, 0.4) is 0 Å². The van der Waals surface area contributed by atoms with E-state index in [1.54, 1.807) is 60.3 Å². The summed E-state index contributed by atoms with van der Waals surface area (Å²) in [6.45, 7) is 0. The third-order valence-electron chi connectivity index (χ3n) is 2.93. The Bertz CT molecular complexity index is 602. The van der Waals surface area contributed by atoms with E-state index in [-0.39, 0.29) is 12.3 Å². The fourth-order valence-electron chi connectivity index (χ4n) is 1.87. The minimum Gasteiger partial charge on any atom is -0.340 e. The van der Waals surface area contributed by atoms with E-state index >= 15 is 0 Å². The minimum atomic E-state index is -0.882.